The van der Waals surface area contributed by atoms with Crippen molar-refractivity contribution in [2.75, 3.05) is 0 Å². The highest BCUT2D eigenvalue weighted by Crippen LogP contribution is 2.42. The summed E-state index contributed by atoms with van der Waals surface area (Å²) < 4.78 is 26.6. The Morgan fingerprint density at radius 3 is 1.97 bits per heavy atom. The quantitative estimate of drug-likeness (QED) is 0.408. The topological polar surface area (TPSA) is 0 Å². The van der Waals surface area contributed by atoms with E-state index in [4.69, 9.17) is 0 Å². The second-order valence-corrected chi connectivity index (χ2v) is 9.85. The minimum Gasteiger partial charge on any atom is -0.204 e. The Labute approximate surface area is 186 Å². The largest absolute Gasteiger partial charge is 0.204 e. The molecule has 0 bridgehead atoms. The predicted octanol–water partition coefficient (Wildman–Crippen LogP) is 8.75. The zero-order valence-corrected chi connectivity index (χ0v) is 18.8. The third-order valence-electron chi connectivity index (χ3n) is 7.89. The van der Waals surface area contributed by atoms with Crippen LogP contribution in [-0.4, -0.2) is 0 Å². The average Bonchev–Trinajstić information content (AvgIpc) is 2.81. The summed E-state index contributed by atoms with van der Waals surface area (Å²) in [5, 5.41) is 0. The van der Waals surface area contributed by atoms with Crippen LogP contribution in [0.1, 0.15) is 70.3 Å². The molecule has 0 atom stereocenters. The Bertz CT molecular complexity index is 851. The molecule has 0 N–H and O–H groups in total. The summed E-state index contributed by atoms with van der Waals surface area (Å²) in [7, 11) is 0. The molecule has 2 saturated carbocycles. The van der Waals surface area contributed by atoms with Crippen molar-refractivity contribution in [3.05, 3.63) is 71.8 Å². The molecule has 31 heavy (non-hydrogen) atoms. The number of benzene rings is 2. The highest BCUT2D eigenvalue weighted by atomic mass is 19.2. The molecule has 2 heteroatoms. The van der Waals surface area contributed by atoms with E-state index < -0.39 is 11.6 Å². The van der Waals surface area contributed by atoms with Crippen LogP contribution in [0.25, 0.3) is 11.1 Å². The molecular formula is C29H36F2. The molecule has 2 aromatic carbocycles. The van der Waals surface area contributed by atoms with E-state index in [2.05, 4.69) is 31.2 Å². The Morgan fingerprint density at radius 2 is 1.35 bits per heavy atom. The Morgan fingerprint density at radius 1 is 0.742 bits per heavy atom. The lowest BCUT2D eigenvalue weighted by atomic mass is 9.68. The fraction of sp³-hybridized carbons (Fsp3) is 0.517. The monoisotopic (exact) mass is 422 g/mol. The maximum Gasteiger partial charge on any atom is 0.159 e. The fourth-order valence-corrected chi connectivity index (χ4v) is 5.94. The van der Waals surface area contributed by atoms with Gasteiger partial charge in [-0.1, -0.05) is 55.3 Å². The minimum atomic E-state index is -0.795. The molecule has 0 radical (unpaired) electrons. The number of allylic oxidation sites excluding steroid dienone is 2. The first-order valence-corrected chi connectivity index (χ1v) is 12.3. The van der Waals surface area contributed by atoms with Gasteiger partial charge < -0.3 is 0 Å². The summed E-state index contributed by atoms with van der Waals surface area (Å²) in [5.41, 5.74) is 3.01. The van der Waals surface area contributed by atoms with Crippen molar-refractivity contribution < 1.29 is 8.78 Å². The van der Waals surface area contributed by atoms with Gasteiger partial charge in [0.15, 0.2) is 11.6 Å². The van der Waals surface area contributed by atoms with Gasteiger partial charge >= 0.3 is 0 Å². The van der Waals surface area contributed by atoms with Crippen LogP contribution in [0, 0.1) is 35.3 Å². The zero-order valence-electron chi connectivity index (χ0n) is 18.8. The Kier molecular flexibility index (Phi) is 7.58. The van der Waals surface area contributed by atoms with Crippen LogP contribution in [0.3, 0.4) is 0 Å². The van der Waals surface area contributed by atoms with Crippen LogP contribution < -0.4 is 0 Å². The van der Waals surface area contributed by atoms with E-state index >= 15 is 0 Å². The lowest BCUT2D eigenvalue weighted by molar-refractivity contribution is 0.152. The molecule has 2 aromatic rings. The minimum absolute atomic E-state index is 0.725. The van der Waals surface area contributed by atoms with E-state index in [1.807, 2.05) is 12.1 Å². The first-order valence-electron chi connectivity index (χ1n) is 12.3. The van der Waals surface area contributed by atoms with Crippen molar-refractivity contribution in [2.24, 2.45) is 23.7 Å². The van der Waals surface area contributed by atoms with Gasteiger partial charge in [0, 0.05) is 0 Å². The first kappa shape index (κ1) is 22.2. The molecule has 0 aliphatic heterocycles. The summed E-state index contributed by atoms with van der Waals surface area (Å²) in [6, 6.07) is 12.5. The maximum absolute atomic E-state index is 13.5. The van der Waals surface area contributed by atoms with Gasteiger partial charge in [0.05, 0.1) is 0 Å². The number of hydrogen-bond acceptors (Lipinski definition) is 0. The van der Waals surface area contributed by atoms with E-state index in [1.165, 1.54) is 75.5 Å². The van der Waals surface area contributed by atoms with Crippen molar-refractivity contribution >= 4 is 0 Å². The summed E-state index contributed by atoms with van der Waals surface area (Å²) in [6.45, 7) is 2.15. The lowest BCUT2D eigenvalue weighted by Crippen LogP contribution is -2.25. The van der Waals surface area contributed by atoms with Crippen molar-refractivity contribution in [2.45, 2.75) is 71.1 Å². The molecule has 0 amide bonds. The average molecular weight is 423 g/mol. The van der Waals surface area contributed by atoms with Crippen LogP contribution in [0.5, 0.6) is 0 Å². The Balaban J connectivity index is 1.21. The number of rotatable bonds is 6. The molecule has 0 aromatic heterocycles. The van der Waals surface area contributed by atoms with Crippen LogP contribution in [-0.2, 0) is 6.42 Å². The van der Waals surface area contributed by atoms with E-state index in [1.54, 1.807) is 6.07 Å². The van der Waals surface area contributed by atoms with Gasteiger partial charge in [0.2, 0.25) is 0 Å². The van der Waals surface area contributed by atoms with E-state index in [0.717, 1.165) is 41.2 Å². The molecule has 2 fully saturated rings. The highest BCUT2D eigenvalue weighted by molar-refractivity contribution is 5.63. The van der Waals surface area contributed by atoms with Gasteiger partial charge in [0.25, 0.3) is 0 Å². The molecule has 2 aliphatic carbocycles. The predicted molar refractivity (Wildman–Crippen MR) is 126 cm³/mol. The second-order valence-electron chi connectivity index (χ2n) is 9.85. The fourth-order valence-electron chi connectivity index (χ4n) is 5.94. The summed E-state index contributed by atoms with van der Waals surface area (Å²) in [5.74, 6) is 2.07. The van der Waals surface area contributed by atoms with Crippen molar-refractivity contribution in [1.29, 1.82) is 0 Å². The molecule has 0 heterocycles. The molecule has 0 unspecified atom stereocenters. The second kappa shape index (κ2) is 10.6. The smallest absolute Gasteiger partial charge is 0.159 e. The molecule has 0 saturated heterocycles. The van der Waals surface area contributed by atoms with E-state index in [9.17, 15) is 8.78 Å². The van der Waals surface area contributed by atoms with E-state index in [-0.39, 0.29) is 0 Å². The van der Waals surface area contributed by atoms with Gasteiger partial charge in [-0.25, -0.2) is 8.78 Å². The van der Waals surface area contributed by atoms with Crippen LogP contribution in [0.15, 0.2) is 54.6 Å². The van der Waals surface area contributed by atoms with Gasteiger partial charge in [-0.15, -0.1) is 0 Å². The zero-order chi connectivity index (χ0) is 21.6. The molecule has 166 valence electrons. The normalized spacial score (nSPS) is 26.9. The van der Waals surface area contributed by atoms with Crippen LogP contribution >= 0.6 is 0 Å². The summed E-state index contributed by atoms with van der Waals surface area (Å²) in [6.07, 6.45) is 18.3. The first-order chi connectivity index (χ1) is 15.1. The van der Waals surface area contributed by atoms with Gasteiger partial charge in [-0.3, -0.25) is 0 Å². The van der Waals surface area contributed by atoms with E-state index in [0.29, 0.717) is 0 Å². The molecule has 4 rings (SSSR count). The standard InChI is InChI=1S/C29H36F2/c1-2-3-21-6-12-24(13-7-21)25-14-8-22(9-15-25)4-5-23-10-16-26(17-11-23)27-18-19-28(30)29(31)20-27/h2-3,10-11,16-22,24-25H,4-9,12-15H2,1H3. The SMILES string of the molecule is CC=CC1CCC(C2CCC(CCc3ccc(-c4ccc(F)c(F)c4)cc3)CC2)CC1. The number of halogens is 2. The maximum atomic E-state index is 13.5. The Hall–Kier alpha value is -1.96. The summed E-state index contributed by atoms with van der Waals surface area (Å²) in [4.78, 5) is 0. The van der Waals surface area contributed by atoms with Gasteiger partial charge in [-0.05, 0) is 111 Å². The van der Waals surface area contributed by atoms with Crippen LogP contribution in [0.2, 0.25) is 0 Å². The summed E-state index contributed by atoms with van der Waals surface area (Å²) >= 11 is 0. The van der Waals surface area contributed by atoms with Crippen molar-refractivity contribution in [1.82, 2.24) is 0 Å². The van der Waals surface area contributed by atoms with Crippen molar-refractivity contribution in [3.63, 3.8) is 0 Å². The van der Waals surface area contributed by atoms with Gasteiger partial charge in [-0.2, -0.15) is 0 Å². The highest BCUT2D eigenvalue weighted by Gasteiger charge is 2.30. The number of aryl methyl sites for hydroxylation is 1. The van der Waals surface area contributed by atoms with Crippen molar-refractivity contribution in [3.8, 4) is 11.1 Å². The third kappa shape index (κ3) is 5.84. The molecule has 2 aliphatic rings. The molecule has 0 nitrogen and oxygen atoms in total. The molecule has 0 spiro atoms. The van der Waals surface area contributed by atoms with Crippen LogP contribution in [0.4, 0.5) is 8.78 Å². The molecular weight excluding hydrogens is 386 g/mol. The van der Waals surface area contributed by atoms with Gasteiger partial charge in [0.1, 0.15) is 0 Å². The lowest BCUT2D eigenvalue weighted by Gasteiger charge is -2.37. The third-order valence-corrected chi connectivity index (χ3v) is 7.89. The number of hydrogen-bond donors (Lipinski definition) is 0.